The summed E-state index contributed by atoms with van der Waals surface area (Å²) in [6.07, 6.45) is 2.07. The second-order valence-electron chi connectivity index (χ2n) is 6.97. The molecular weight excluding hydrogens is 394 g/mol. The van der Waals surface area contributed by atoms with Crippen LogP contribution in [0.3, 0.4) is 0 Å². The largest absolute Gasteiger partial charge is 0.455 e. The van der Waals surface area contributed by atoms with Gasteiger partial charge in [-0.25, -0.2) is 13.2 Å². The van der Waals surface area contributed by atoms with E-state index in [0.29, 0.717) is 30.2 Å². The minimum atomic E-state index is -3.68. The number of ether oxygens (including phenoxy) is 1. The van der Waals surface area contributed by atoms with Crippen molar-refractivity contribution in [2.24, 2.45) is 0 Å². The molecule has 0 atom stereocenters. The lowest BCUT2D eigenvalue weighted by Crippen LogP contribution is -2.31. The Balaban J connectivity index is 1.93. The van der Waals surface area contributed by atoms with Gasteiger partial charge in [-0.05, 0) is 38.0 Å². The van der Waals surface area contributed by atoms with Crippen molar-refractivity contribution in [3.63, 3.8) is 0 Å². The summed E-state index contributed by atoms with van der Waals surface area (Å²) in [4.78, 5) is 15.1. The summed E-state index contributed by atoms with van der Waals surface area (Å²) in [6, 6.07) is 6.39. The fraction of sp³-hybridized carbons (Fsp3) is 0.500. The van der Waals surface area contributed by atoms with Crippen LogP contribution in [0.15, 0.2) is 33.7 Å². The molecular formula is C20H27N3O5S. The number of nitrogens with zero attached hydrogens (tertiary/aromatic N) is 3. The lowest BCUT2D eigenvalue weighted by atomic mass is 10.1. The van der Waals surface area contributed by atoms with Crippen LogP contribution in [-0.2, 0) is 21.4 Å². The predicted octanol–water partition coefficient (Wildman–Crippen LogP) is 2.97. The average Bonchev–Trinajstić information content (AvgIpc) is 3.38. The summed E-state index contributed by atoms with van der Waals surface area (Å²) in [5.74, 6) is 0.0465. The number of carbonyl (C=O) groups is 1. The molecule has 3 rings (SSSR count). The van der Waals surface area contributed by atoms with E-state index in [2.05, 4.69) is 10.1 Å². The third-order valence-electron chi connectivity index (χ3n) is 5.01. The first kappa shape index (κ1) is 21.3. The highest BCUT2D eigenvalue weighted by Crippen LogP contribution is 2.29. The summed E-state index contributed by atoms with van der Waals surface area (Å²) >= 11 is 0. The quantitative estimate of drug-likeness (QED) is 0.605. The van der Waals surface area contributed by atoms with E-state index in [0.717, 1.165) is 25.9 Å². The Morgan fingerprint density at radius 3 is 2.48 bits per heavy atom. The maximum atomic E-state index is 12.9. The third kappa shape index (κ3) is 4.62. The van der Waals surface area contributed by atoms with Crippen molar-refractivity contribution in [1.29, 1.82) is 0 Å². The van der Waals surface area contributed by atoms with Gasteiger partial charge in [0.05, 0.1) is 16.1 Å². The number of rotatable bonds is 8. The van der Waals surface area contributed by atoms with Crippen LogP contribution in [0, 0.1) is 6.92 Å². The number of benzene rings is 1. The van der Waals surface area contributed by atoms with E-state index in [1.165, 1.54) is 10.4 Å². The molecule has 0 radical (unpaired) electrons. The Hall–Kier alpha value is -2.39. The van der Waals surface area contributed by atoms with Crippen molar-refractivity contribution in [2.45, 2.75) is 45.1 Å². The number of anilines is 1. The SMILES string of the molecule is CCN(CC)S(=O)(=O)c1ccc(N2CCCC2)c(C(=O)OCc2cc(C)on2)c1. The third-order valence-corrected chi connectivity index (χ3v) is 7.05. The Bertz CT molecular complexity index is 960. The molecule has 1 aliphatic heterocycles. The van der Waals surface area contributed by atoms with Gasteiger partial charge >= 0.3 is 5.97 Å². The first-order valence-corrected chi connectivity index (χ1v) is 11.3. The van der Waals surface area contributed by atoms with Crippen LogP contribution in [-0.4, -0.2) is 50.0 Å². The van der Waals surface area contributed by atoms with E-state index in [1.807, 2.05) is 0 Å². The molecule has 2 heterocycles. The van der Waals surface area contributed by atoms with Crippen LogP contribution < -0.4 is 4.90 Å². The molecule has 0 spiro atoms. The van der Waals surface area contributed by atoms with Crippen LogP contribution in [0.1, 0.15) is 48.5 Å². The Morgan fingerprint density at radius 2 is 1.90 bits per heavy atom. The van der Waals surface area contributed by atoms with E-state index >= 15 is 0 Å². The molecule has 0 amide bonds. The molecule has 1 fully saturated rings. The van der Waals surface area contributed by atoms with Crippen molar-refractivity contribution in [2.75, 3.05) is 31.1 Å². The van der Waals surface area contributed by atoms with Gasteiger partial charge < -0.3 is 14.2 Å². The topological polar surface area (TPSA) is 93.0 Å². The van der Waals surface area contributed by atoms with Gasteiger partial charge in [0, 0.05) is 32.2 Å². The molecule has 0 N–H and O–H groups in total. The highest BCUT2D eigenvalue weighted by Gasteiger charge is 2.27. The summed E-state index contributed by atoms with van der Waals surface area (Å²) in [6.45, 7) is 7.66. The van der Waals surface area contributed by atoms with Crippen LogP contribution in [0.25, 0.3) is 0 Å². The minimum Gasteiger partial charge on any atom is -0.455 e. The maximum Gasteiger partial charge on any atom is 0.340 e. The summed E-state index contributed by atoms with van der Waals surface area (Å²) in [5.41, 5.74) is 1.45. The zero-order valence-corrected chi connectivity index (χ0v) is 17.9. The van der Waals surface area contributed by atoms with Gasteiger partial charge in [0.1, 0.15) is 18.1 Å². The number of sulfonamides is 1. The fourth-order valence-electron chi connectivity index (χ4n) is 3.49. The maximum absolute atomic E-state index is 12.9. The Morgan fingerprint density at radius 1 is 1.21 bits per heavy atom. The van der Waals surface area contributed by atoms with Gasteiger partial charge in [-0.1, -0.05) is 19.0 Å². The smallest absolute Gasteiger partial charge is 0.340 e. The molecule has 0 bridgehead atoms. The molecule has 1 aromatic carbocycles. The predicted molar refractivity (Wildman–Crippen MR) is 108 cm³/mol. The molecule has 1 aromatic heterocycles. The zero-order chi connectivity index (χ0) is 21.0. The Kier molecular flexibility index (Phi) is 6.59. The molecule has 9 heteroatoms. The van der Waals surface area contributed by atoms with E-state index in [-0.39, 0.29) is 17.1 Å². The van der Waals surface area contributed by atoms with Gasteiger partial charge in [0.25, 0.3) is 0 Å². The number of hydrogen-bond acceptors (Lipinski definition) is 7. The standard InChI is InChI=1S/C20H27N3O5S/c1-4-23(5-2)29(25,26)17-8-9-19(22-10-6-7-11-22)18(13-17)20(24)27-14-16-12-15(3)28-21-16/h8-9,12-13H,4-7,10-11,14H2,1-3H3. The molecule has 29 heavy (non-hydrogen) atoms. The number of aromatic nitrogens is 1. The lowest BCUT2D eigenvalue weighted by Gasteiger charge is -2.23. The van der Waals surface area contributed by atoms with Crippen molar-refractivity contribution < 1.29 is 22.5 Å². The number of hydrogen-bond donors (Lipinski definition) is 0. The number of aryl methyl sites for hydroxylation is 1. The summed E-state index contributed by atoms with van der Waals surface area (Å²) < 4.78 is 37.6. The first-order chi connectivity index (χ1) is 13.9. The normalized spacial score (nSPS) is 14.6. The van der Waals surface area contributed by atoms with Crippen molar-refractivity contribution >= 4 is 21.7 Å². The van der Waals surface area contributed by atoms with Crippen LogP contribution in [0.4, 0.5) is 5.69 Å². The molecule has 2 aromatic rings. The molecule has 158 valence electrons. The zero-order valence-electron chi connectivity index (χ0n) is 17.1. The van der Waals surface area contributed by atoms with Gasteiger partial charge in [-0.3, -0.25) is 0 Å². The van der Waals surface area contributed by atoms with Gasteiger partial charge in [-0.2, -0.15) is 4.31 Å². The molecule has 0 unspecified atom stereocenters. The van der Waals surface area contributed by atoms with Gasteiger partial charge in [0.15, 0.2) is 0 Å². The van der Waals surface area contributed by atoms with Crippen LogP contribution >= 0.6 is 0 Å². The first-order valence-electron chi connectivity index (χ1n) is 9.85. The molecule has 0 saturated carbocycles. The lowest BCUT2D eigenvalue weighted by molar-refractivity contribution is 0.0464. The average molecular weight is 422 g/mol. The highest BCUT2D eigenvalue weighted by molar-refractivity contribution is 7.89. The fourth-order valence-corrected chi connectivity index (χ4v) is 4.97. The summed E-state index contributed by atoms with van der Waals surface area (Å²) in [7, 11) is -3.68. The van der Waals surface area contributed by atoms with E-state index in [1.54, 1.807) is 39.0 Å². The molecule has 1 saturated heterocycles. The second-order valence-corrected chi connectivity index (χ2v) is 8.91. The van der Waals surface area contributed by atoms with Gasteiger partial charge in [0.2, 0.25) is 10.0 Å². The molecule has 8 nitrogen and oxygen atoms in total. The highest BCUT2D eigenvalue weighted by atomic mass is 32.2. The molecule has 0 aliphatic carbocycles. The van der Waals surface area contributed by atoms with E-state index in [4.69, 9.17) is 9.26 Å². The van der Waals surface area contributed by atoms with Crippen LogP contribution in [0.5, 0.6) is 0 Å². The minimum absolute atomic E-state index is 0.0391. The van der Waals surface area contributed by atoms with Crippen molar-refractivity contribution in [3.05, 3.63) is 41.3 Å². The molecule has 1 aliphatic rings. The van der Waals surface area contributed by atoms with Gasteiger partial charge in [-0.15, -0.1) is 0 Å². The number of carbonyl (C=O) groups excluding carboxylic acids is 1. The summed E-state index contributed by atoms with van der Waals surface area (Å²) in [5, 5.41) is 3.82. The second kappa shape index (κ2) is 8.96. The van der Waals surface area contributed by atoms with E-state index in [9.17, 15) is 13.2 Å². The Labute approximate surface area is 171 Å². The van der Waals surface area contributed by atoms with Crippen LogP contribution in [0.2, 0.25) is 0 Å². The van der Waals surface area contributed by atoms with Crippen molar-refractivity contribution in [3.8, 4) is 0 Å². The monoisotopic (exact) mass is 421 g/mol. The van der Waals surface area contributed by atoms with Crippen molar-refractivity contribution in [1.82, 2.24) is 9.46 Å². The number of esters is 1. The van der Waals surface area contributed by atoms with E-state index < -0.39 is 16.0 Å².